The van der Waals surface area contributed by atoms with Crippen molar-refractivity contribution in [2.45, 2.75) is 51.2 Å². The third kappa shape index (κ3) is 5.93. The lowest BCUT2D eigenvalue weighted by Crippen LogP contribution is -2.42. The van der Waals surface area contributed by atoms with Gasteiger partial charge in [0.15, 0.2) is 0 Å². The van der Waals surface area contributed by atoms with Gasteiger partial charge in [0.05, 0.1) is 13.5 Å². The molecule has 0 aliphatic heterocycles. The van der Waals surface area contributed by atoms with E-state index < -0.39 is 6.09 Å². The Hall–Kier alpha value is -2.04. The molecule has 0 saturated heterocycles. The first kappa shape index (κ1) is 17.3. The van der Waals surface area contributed by atoms with E-state index in [1.165, 1.54) is 13.5 Å². The summed E-state index contributed by atoms with van der Waals surface area (Å²) in [5.74, 6) is 0.0102. The molecule has 1 aromatic carbocycles. The predicted molar refractivity (Wildman–Crippen MR) is 86.8 cm³/mol. The first-order valence-corrected chi connectivity index (χ1v) is 8.23. The van der Waals surface area contributed by atoms with Gasteiger partial charge in [0.1, 0.15) is 6.61 Å². The van der Waals surface area contributed by atoms with Crippen molar-refractivity contribution in [1.82, 2.24) is 5.32 Å². The predicted octanol–water partition coefficient (Wildman–Crippen LogP) is 3.42. The molecule has 0 aromatic heterocycles. The second kappa shape index (κ2) is 9.18. The van der Waals surface area contributed by atoms with Gasteiger partial charge in [-0.3, -0.25) is 4.79 Å². The van der Waals surface area contributed by atoms with Crippen LogP contribution in [-0.2, 0) is 20.9 Å². The van der Waals surface area contributed by atoms with Crippen LogP contribution in [0, 0.1) is 5.92 Å². The van der Waals surface area contributed by atoms with Crippen molar-refractivity contribution >= 4 is 12.1 Å². The van der Waals surface area contributed by atoms with Gasteiger partial charge in [-0.1, -0.05) is 49.6 Å². The number of carbonyl (C=O) groups is 2. The Kier molecular flexibility index (Phi) is 6.91. The minimum Gasteiger partial charge on any atom is -0.469 e. The van der Waals surface area contributed by atoms with Crippen molar-refractivity contribution in [3.8, 4) is 0 Å². The van der Waals surface area contributed by atoms with Crippen LogP contribution in [0.4, 0.5) is 4.79 Å². The Bertz CT molecular complexity index is 497. The van der Waals surface area contributed by atoms with E-state index in [9.17, 15) is 9.59 Å². The molecule has 0 radical (unpaired) electrons. The first-order valence-electron chi connectivity index (χ1n) is 8.23. The van der Waals surface area contributed by atoms with Crippen LogP contribution < -0.4 is 5.32 Å². The lowest BCUT2D eigenvalue weighted by atomic mass is 9.82. The number of methoxy groups -OCH3 is 1. The topological polar surface area (TPSA) is 64.6 Å². The molecule has 1 fully saturated rings. The zero-order valence-electron chi connectivity index (χ0n) is 13.6. The third-order valence-corrected chi connectivity index (χ3v) is 4.35. The van der Waals surface area contributed by atoms with Gasteiger partial charge >= 0.3 is 12.1 Å². The van der Waals surface area contributed by atoms with Crippen molar-refractivity contribution in [2.24, 2.45) is 5.92 Å². The SMILES string of the molecule is COC(=O)C[C@@H](NC(=O)OCc1ccccc1)C1CCCCC1. The van der Waals surface area contributed by atoms with E-state index in [0.717, 1.165) is 31.2 Å². The summed E-state index contributed by atoms with van der Waals surface area (Å²) >= 11 is 0. The first-order chi connectivity index (χ1) is 11.2. The van der Waals surface area contributed by atoms with Crippen molar-refractivity contribution in [2.75, 3.05) is 7.11 Å². The summed E-state index contributed by atoms with van der Waals surface area (Å²) in [5, 5.41) is 2.86. The van der Waals surface area contributed by atoms with Crippen LogP contribution in [0.1, 0.15) is 44.1 Å². The maximum atomic E-state index is 12.1. The fourth-order valence-corrected chi connectivity index (χ4v) is 3.05. The largest absolute Gasteiger partial charge is 0.469 e. The van der Waals surface area contributed by atoms with Gasteiger partial charge < -0.3 is 14.8 Å². The van der Waals surface area contributed by atoms with E-state index in [0.29, 0.717) is 5.92 Å². The molecule has 0 unspecified atom stereocenters. The lowest BCUT2D eigenvalue weighted by molar-refractivity contribution is -0.141. The summed E-state index contributed by atoms with van der Waals surface area (Å²) in [6.07, 6.45) is 5.28. The molecule has 5 heteroatoms. The van der Waals surface area contributed by atoms with Gasteiger partial charge in [-0.05, 0) is 24.3 Å². The minimum atomic E-state index is -0.478. The quantitative estimate of drug-likeness (QED) is 0.816. The molecular formula is C18H25NO4. The van der Waals surface area contributed by atoms with Gasteiger partial charge in [0, 0.05) is 6.04 Å². The molecule has 23 heavy (non-hydrogen) atoms. The highest BCUT2D eigenvalue weighted by Crippen LogP contribution is 2.28. The molecular weight excluding hydrogens is 294 g/mol. The molecule has 1 atom stereocenters. The van der Waals surface area contributed by atoms with Crippen molar-refractivity contribution in [3.63, 3.8) is 0 Å². The standard InChI is InChI=1S/C18H25NO4/c1-22-17(20)12-16(15-10-6-3-7-11-15)19-18(21)23-13-14-8-4-2-5-9-14/h2,4-5,8-9,15-16H,3,6-7,10-13H2,1H3,(H,19,21)/t16-/m1/s1. The Morgan fingerprint density at radius 2 is 1.87 bits per heavy atom. The lowest BCUT2D eigenvalue weighted by Gasteiger charge is -2.30. The van der Waals surface area contributed by atoms with Crippen LogP contribution in [0.2, 0.25) is 0 Å². The van der Waals surface area contributed by atoms with Crippen molar-refractivity contribution in [3.05, 3.63) is 35.9 Å². The fourth-order valence-electron chi connectivity index (χ4n) is 3.05. The average Bonchev–Trinajstić information content (AvgIpc) is 2.61. The Labute approximate surface area is 137 Å². The molecule has 1 amide bonds. The van der Waals surface area contributed by atoms with E-state index >= 15 is 0 Å². The van der Waals surface area contributed by atoms with E-state index in [4.69, 9.17) is 9.47 Å². The van der Waals surface area contributed by atoms with E-state index in [1.807, 2.05) is 30.3 Å². The van der Waals surface area contributed by atoms with Crippen LogP contribution in [0.15, 0.2) is 30.3 Å². The van der Waals surface area contributed by atoms with Gasteiger partial charge in [-0.15, -0.1) is 0 Å². The molecule has 0 heterocycles. The summed E-state index contributed by atoms with van der Waals surface area (Å²) in [5.41, 5.74) is 0.935. The Balaban J connectivity index is 1.87. The molecule has 126 valence electrons. The van der Waals surface area contributed by atoms with E-state index in [1.54, 1.807) is 0 Å². The molecule has 1 N–H and O–H groups in total. The average molecular weight is 319 g/mol. The normalized spacial score (nSPS) is 16.4. The van der Waals surface area contributed by atoms with Crippen molar-refractivity contribution in [1.29, 1.82) is 0 Å². The van der Waals surface area contributed by atoms with Gasteiger partial charge in [-0.25, -0.2) is 4.79 Å². The molecule has 5 nitrogen and oxygen atoms in total. The zero-order valence-corrected chi connectivity index (χ0v) is 13.6. The highest BCUT2D eigenvalue weighted by molar-refractivity contribution is 5.72. The molecule has 1 aliphatic rings. The molecule has 2 rings (SSSR count). The highest BCUT2D eigenvalue weighted by atomic mass is 16.5. The van der Waals surface area contributed by atoms with Crippen LogP contribution in [0.5, 0.6) is 0 Å². The molecule has 0 bridgehead atoms. The summed E-state index contributed by atoms with van der Waals surface area (Å²) in [4.78, 5) is 23.7. The Morgan fingerprint density at radius 3 is 2.52 bits per heavy atom. The molecule has 1 saturated carbocycles. The number of ether oxygens (including phenoxy) is 2. The van der Waals surface area contributed by atoms with E-state index in [-0.39, 0.29) is 25.0 Å². The summed E-state index contributed by atoms with van der Waals surface area (Å²) in [6, 6.07) is 9.31. The number of hydrogen-bond acceptors (Lipinski definition) is 4. The van der Waals surface area contributed by atoms with E-state index in [2.05, 4.69) is 5.32 Å². The number of carbonyl (C=O) groups excluding carboxylic acids is 2. The number of nitrogens with one attached hydrogen (secondary N) is 1. The number of hydrogen-bond donors (Lipinski definition) is 1. The fraction of sp³-hybridized carbons (Fsp3) is 0.556. The van der Waals surface area contributed by atoms with Crippen LogP contribution >= 0.6 is 0 Å². The van der Waals surface area contributed by atoms with Crippen LogP contribution in [0.3, 0.4) is 0 Å². The van der Waals surface area contributed by atoms with Gasteiger partial charge in [0.2, 0.25) is 0 Å². The van der Waals surface area contributed by atoms with Gasteiger partial charge in [0.25, 0.3) is 0 Å². The third-order valence-electron chi connectivity index (χ3n) is 4.35. The number of rotatable bonds is 6. The van der Waals surface area contributed by atoms with Crippen molar-refractivity contribution < 1.29 is 19.1 Å². The highest BCUT2D eigenvalue weighted by Gasteiger charge is 2.28. The molecule has 1 aliphatic carbocycles. The van der Waals surface area contributed by atoms with Crippen LogP contribution in [-0.4, -0.2) is 25.2 Å². The second-order valence-electron chi connectivity index (χ2n) is 5.99. The number of esters is 1. The number of benzene rings is 1. The number of amides is 1. The smallest absolute Gasteiger partial charge is 0.407 e. The monoisotopic (exact) mass is 319 g/mol. The minimum absolute atomic E-state index is 0.196. The zero-order chi connectivity index (χ0) is 16.5. The van der Waals surface area contributed by atoms with Crippen LogP contribution in [0.25, 0.3) is 0 Å². The van der Waals surface area contributed by atoms with Gasteiger partial charge in [-0.2, -0.15) is 0 Å². The summed E-state index contributed by atoms with van der Waals surface area (Å²) < 4.78 is 10.0. The molecule has 0 spiro atoms. The maximum absolute atomic E-state index is 12.1. The summed E-state index contributed by atoms with van der Waals surface area (Å²) in [6.45, 7) is 0.224. The number of alkyl carbamates (subject to hydrolysis) is 1. The Morgan fingerprint density at radius 1 is 1.17 bits per heavy atom. The summed E-state index contributed by atoms with van der Waals surface area (Å²) in [7, 11) is 1.37. The maximum Gasteiger partial charge on any atom is 0.407 e. The molecule has 1 aromatic rings. The second-order valence-corrected chi connectivity index (χ2v) is 5.99.